The molecule has 2 aromatic rings. The topological polar surface area (TPSA) is 109 Å². The highest BCUT2D eigenvalue weighted by molar-refractivity contribution is 5.83. The minimum atomic E-state index is -0.621. The first-order valence-corrected chi connectivity index (χ1v) is 10.5. The van der Waals surface area contributed by atoms with Crippen molar-refractivity contribution in [2.24, 2.45) is 5.92 Å². The fourth-order valence-electron chi connectivity index (χ4n) is 3.76. The summed E-state index contributed by atoms with van der Waals surface area (Å²) in [5, 5.41) is 20.8. The maximum atomic E-state index is 12.9. The molecule has 1 aliphatic heterocycles. The third-order valence-corrected chi connectivity index (χ3v) is 5.50. The van der Waals surface area contributed by atoms with Crippen LogP contribution in [0.15, 0.2) is 48.8 Å². The van der Waals surface area contributed by atoms with Crippen LogP contribution in [0, 0.1) is 16.0 Å². The molecule has 30 heavy (non-hydrogen) atoms. The Morgan fingerprint density at radius 1 is 1.20 bits per heavy atom. The molecule has 1 amide bonds. The molecule has 0 saturated carbocycles. The van der Waals surface area contributed by atoms with Crippen LogP contribution >= 0.6 is 0 Å². The van der Waals surface area contributed by atoms with Gasteiger partial charge in [0.05, 0.1) is 4.92 Å². The summed E-state index contributed by atoms with van der Waals surface area (Å²) in [4.78, 5) is 27.7. The SMILES string of the molecule is O=C(NCCc1ccncc1)C(NCCC1CCNCC1)c1cccc([N+](=O)[O-])c1. The number of hydrogen-bond donors (Lipinski definition) is 3. The third kappa shape index (κ3) is 6.60. The molecule has 160 valence electrons. The van der Waals surface area contributed by atoms with Crippen molar-refractivity contribution >= 4 is 11.6 Å². The highest BCUT2D eigenvalue weighted by Crippen LogP contribution is 2.21. The molecule has 0 spiro atoms. The van der Waals surface area contributed by atoms with Gasteiger partial charge in [-0.25, -0.2) is 0 Å². The van der Waals surface area contributed by atoms with Gasteiger partial charge in [-0.15, -0.1) is 0 Å². The zero-order valence-electron chi connectivity index (χ0n) is 17.0. The number of nitrogens with one attached hydrogen (secondary N) is 3. The second-order valence-electron chi connectivity index (χ2n) is 7.62. The minimum absolute atomic E-state index is 0.0118. The van der Waals surface area contributed by atoms with Crippen molar-refractivity contribution in [1.29, 1.82) is 0 Å². The van der Waals surface area contributed by atoms with E-state index < -0.39 is 11.0 Å². The van der Waals surface area contributed by atoms with E-state index in [0.717, 1.165) is 37.9 Å². The van der Waals surface area contributed by atoms with Gasteiger partial charge in [0.25, 0.3) is 5.69 Å². The van der Waals surface area contributed by atoms with Crippen molar-refractivity contribution in [2.45, 2.75) is 31.7 Å². The molecule has 1 aromatic heterocycles. The number of non-ortho nitro benzene ring substituents is 1. The number of nitro benzene ring substituents is 1. The Labute approximate surface area is 176 Å². The molecule has 0 aliphatic carbocycles. The monoisotopic (exact) mass is 411 g/mol. The first-order valence-electron chi connectivity index (χ1n) is 10.5. The molecule has 1 aliphatic rings. The van der Waals surface area contributed by atoms with Gasteiger partial charge in [-0.2, -0.15) is 0 Å². The molecule has 1 fully saturated rings. The van der Waals surface area contributed by atoms with Crippen LogP contribution in [-0.2, 0) is 11.2 Å². The van der Waals surface area contributed by atoms with Crippen LogP contribution in [0.3, 0.4) is 0 Å². The van der Waals surface area contributed by atoms with Crippen molar-refractivity contribution < 1.29 is 9.72 Å². The Morgan fingerprint density at radius 2 is 1.97 bits per heavy atom. The van der Waals surface area contributed by atoms with Gasteiger partial charge in [-0.3, -0.25) is 19.9 Å². The summed E-state index contributed by atoms with van der Waals surface area (Å²) < 4.78 is 0. The summed E-state index contributed by atoms with van der Waals surface area (Å²) in [7, 11) is 0. The van der Waals surface area contributed by atoms with E-state index in [-0.39, 0.29) is 11.6 Å². The van der Waals surface area contributed by atoms with E-state index in [1.54, 1.807) is 24.5 Å². The molecular weight excluding hydrogens is 382 g/mol. The number of rotatable bonds is 10. The van der Waals surface area contributed by atoms with E-state index in [1.165, 1.54) is 12.1 Å². The minimum Gasteiger partial charge on any atom is -0.354 e. The predicted molar refractivity (Wildman–Crippen MR) is 115 cm³/mol. The lowest BCUT2D eigenvalue weighted by Crippen LogP contribution is -2.39. The maximum absolute atomic E-state index is 12.9. The van der Waals surface area contributed by atoms with E-state index in [2.05, 4.69) is 20.9 Å². The van der Waals surface area contributed by atoms with Gasteiger partial charge in [0.1, 0.15) is 6.04 Å². The number of nitrogens with zero attached hydrogens (tertiary/aromatic N) is 2. The Bertz CT molecular complexity index is 825. The van der Waals surface area contributed by atoms with E-state index in [0.29, 0.717) is 31.0 Å². The maximum Gasteiger partial charge on any atom is 0.269 e. The number of amides is 1. The standard InChI is InChI=1S/C22H29N5O3/c28-22(26-15-9-18-6-12-24-13-7-18)21(19-2-1-3-20(16-19)27(29)30)25-14-8-17-4-10-23-11-5-17/h1-3,6-7,12-13,16-17,21,23,25H,4-5,8-11,14-15H2,(H,26,28). The third-order valence-electron chi connectivity index (χ3n) is 5.50. The molecule has 0 radical (unpaired) electrons. The van der Waals surface area contributed by atoms with Crippen LogP contribution in [-0.4, -0.2) is 42.0 Å². The number of pyridine rings is 1. The summed E-state index contributed by atoms with van der Waals surface area (Å²) in [5.74, 6) is 0.467. The van der Waals surface area contributed by atoms with Crippen LogP contribution in [0.5, 0.6) is 0 Å². The quantitative estimate of drug-likeness (QED) is 0.409. The Balaban J connectivity index is 1.62. The molecule has 1 unspecified atom stereocenters. The van der Waals surface area contributed by atoms with E-state index in [4.69, 9.17) is 0 Å². The van der Waals surface area contributed by atoms with Crippen LogP contribution in [0.1, 0.15) is 36.4 Å². The average Bonchev–Trinajstić information content (AvgIpc) is 2.78. The molecule has 1 atom stereocenters. The van der Waals surface area contributed by atoms with Crippen LogP contribution < -0.4 is 16.0 Å². The molecule has 0 bridgehead atoms. The summed E-state index contributed by atoms with van der Waals surface area (Å²) in [5.41, 5.74) is 1.69. The number of carbonyl (C=O) groups is 1. The first-order chi connectivity index (χ1) is 14.6. The number of carbonyl (C=O) groups excluding carboxylic acids is 1. The molecule has 1 aromatic carbocycles. The number of piperidine rings is 1. The second kappa shape index (κ2) is 11.4. The van der Waals surface area contributed by atoms with E-state index in [1.807, 2.05) is 12.1 Å². The van der Waals surface area contributed by atoms with Crippen molar-refractivity contribution in [3.63, 3.8) is 0 Å². The summed E-state index contributed by atoms with van der Waals surface area (Å²) in [6.45, 7) is 3.25. The van der Waals surface area contributed by atoms with Gasteiger partial charge in [-0.1, -0.05) is 12.1 Å². The van der Waals surface area contributed by atoms with Gasteiger partial charge < -0.3 is 16.0 Å². The highest BCUT2D eigenvalue weighted by atomic mass is 16.6. The van der Waals surface area contributed by atoms with E-state index in [9.17, 15) is 14.9 Å². The molecule has 8 heteroatoms. The van der Waals surface area contributed by atoms with Gasteiger partial charge in [0.15, 0.2) is 0 Å². The lowest BCUT2D eigenvalue weighted by atomic mass is 9.94. The number of benzene rings is 1. The Hall–Kier alpha value is -2.84. The van der Waals surface area contributed by atoms with Crippen LogP contribution in [0.25, 0.3) is 0 Å². The lowest BCUT2D eigenvalue weighted by Gasteiger charge is -2.24. The summed E-state index contributed by atoms with van der Waals surface area (Å²) in [6.07, 6.45) is 7.42. The van der Waals surface area contributed by atoms with Crippen molar-refractivity contribution in [3.8, 4) is 0 Å². The van der Waals surface area contributed by atoms with E-state index >= 15 is 0 Å². The second-order valence-corrected chi connectivity index (χ2v) is 7.62. The van der Waals surface area contributed by atoms with Crippen LogP contribution in [0.4, 0.5) is 5.69 Å². The fraction of sp³-hybridized carbons (Fsp3) is 0.455. The molecule has 3 N–H and O–H groups in total. The van der Waals surface area contributed by atoms with Gasteiger partial charge in [0, 0.05) is 31.1 Å². The van der Waals surface area contributed by atoms with Gasteiger partial charge >= 0.3 is 0 Å². The Kier molecular flexibility index (Phi) is 8.29. The van der Waals surface area contributed by atoms with Crippen molar-refractivity contribution in [3.05, 3.63) is 70.0 Å². The average molecular weight is 412 g/mol. The van der Waals surface area contributed by atoms with Crippen molar-refractivity contribution in [1.82, 2.24) is 20.9 Å². The lowest BCUT2D eigenvalue weighted by molar-refractivity contribution is -0.384. The first kappa shape index (κ1) is 21.9. The zero-order valence-corrected chi connectivity index (χ0v) is 17.0. The summed E-state index contributed by atoms with van der Waals surface area (Å²) in [6, 6.07) is 9.52. The molecule has 3 rings (SSSR count). The van der Waals surface area contributed by atoms with Gasteiger partial charge in [-0.05, 0) is 74.5 Å². The number of nitro groups is 1. The smallest absolute Gasteiger partial charge is 0.269 e. The number of aromatic nitrogens is 1. The summed E-state index contributed by atoms with van der Waals surface area (Å²) >= 11 is 0. The molecule has 1 saturated heterocycles. The molecule has 8 nitrogen and oxygen atoms in total. The predicted octanol–water partition coefficient (Wildman–Crippen LogP) is 2.37. The highest BCUT2D eigenvalue weighted by Gasteiger charge is 2.22. The molecular formula is C22H29N5O3. The zero-order chi connectivity index (χ0) is 21.2. The number of hydrogen-bond acceptors (Lipinski definition) is 6. The van der Waals surface area contributed by atoms with Crippen molar-refractivity contribution in [2.75, 3.05) is 26.2 Å². The fourth-order valence-corrected chi connectivity index (χ4v) is 3.76. The largest absolute Gasteiger partial charge is 0.354 e. The normalized spacial score (nSPS) is 15.5. The molecule has 2 heterocycles. The van der Waals surface area contributed by atoms with Crippen LogP contribution in [0.2, 0.25) is 0 Å². The Morgan fingerprint density at radius 3 is 2.70 bits per heavy atom. The van der Waals surface area contributed by atoms with Gasteiger partial charge in [0.2, 0.25) is 5.91 Å².